The lowest BCUT2D eigenvalue weighted by molar-refractivity contribution is -0.132. The van der Waals surface area contributed by atoms with E-state index in [1.54, 1.807) is 4.90 Å². The third kappa shape index (κ3) is 2.42. The van der Waals surface area contributed by atoms with Gasteiger partial charge < -0.3 is 15.7 Å². The molecule has 1 heterocycles. The number of hydrogen-bond acceptors (Lipinski definition) is 3. The molecule has 1 fully saturated rings. The highest BCUT2D eigenvalue weighted by atomic mass is 16.3. The van der Waals surface area contributed by atoms with Gasteiger partial charge in [0.2, 0.25) is 5.91 Å². The van der Waals surface area contributed by atoms with Crippen molar-refractivity contribution in [1.29, 1.82) is 0 Å². The third-order valence-corrected chi connectivity index (χ3v) is 2.48. The van der Waals surface area contributed by atoms with Gasteiger partial charge in [-0.3, -0.25) is 4.79 Å². The van der Waals surface area contributed by atoms with Gasteiger partial charge in [0.1, 0.15) is 0 Å². The van der Waals surface area contributed by atoms with Gasteiger partial charge >= 0.3 is 0 Å². The van der Waals surface area contributed by atoms with Gasteiger partial charge in [-0.25, -0.2) is 0 Å². The fourth-order valence-electron chi connectivity index (χ4n) is 1.44. The zero-order valence-electron chi connectivity index (χ0n) is 8.23. The number of carbonyl (C=O) groups is 1. The summed E-state index contributed by atoms with van der Waals surface area (Å²) in [5.74, 6) is 0.122. The Hall–Kier alpha value is -0.610. The number of rotatable bonds is 2. The molecule has 0 aliphatic carbocycles. The predicted octanol–water partition coefficient (Wildman–Crippen LogP) is -0.437. The molecule has 2 atom stereocenters. The minimum Gasteiger partial charge on any atom is -0.391 e. The number of amides is 1. The van der Waals surface area contributed by atoms with Crippen LogP contribution >= 0.6 is 0 Å². The molecule has 0 aromatic heterocycles. The summed E-state index contributed by atoms with van der Waals surface area (Å²) >= 11 is 0. The van der Waals surface area contributed by atoms with Gasteiger partial charge in [0.25, 0.3) is 0 Å². The van der Waals surface area contributed by atoms with E-state index in [-0.39, 0.29) is 17.9 Å². The summed E-state index contributed by atoms with van der Waals surface area (Å²) in [4.78, 5) is 13.3. The molecule has 0 unspecified atom stereocenters. The fraction of sp³-hybridized carbons (Fsp3) is 0.889. The molecule has 0 aromatic carbocycles. The second kappa shape index (κ2) is 4.07. The zero-order chi connectivity index (χ0) is 10.0. The van der Waals surface area contributed by atoms with Gasteiger partial charge in [0.15, 0.2) is 0 Å². The van der Waals surface area contributed by atoms with Crippen molar-refractivity contribution in [3.63, 3.8) is 0 Å². The average Bonchev–Trinajstić information content (AvgIpc) is 2.49. The van der Waals surface area contributed by atoms with Crippen LogP contribution in [0.5, 0.6) is 0 Å². The summed E-state index contributed by atoms with van der Waals surface area (Å²) in [6.07, 6.45) is 0.319. The summed E-state index contributed by atoms with van der Waals surface area (Å²) in [6.45, 7) is 4.93. The summed E-state index contributed by atoms with van der Waals surface area (Å²) in [5, 5.41) is 9.23. The second-order valence-electron chi connectivity index (χ2n) is 4.00. The lowest BCUT2D eigenvalue weighted by Gasteiger charge is -2.22. The monoisotopic (exact) mass is 186 g/mol. The minimum absolute atomic E-state index is 0.0356. The molecule has 1 aliphatic heterocycles. The van der Waals surface area contributed by atoms with Crippen LogP contribution in [-0.2, 0) is 4.79 Å². The van der Waals surface area contributed by atoms with Crippen molar-refractivity contribution in [3.8, 4) is 0 Å². The Morgan fingerprint density at radius 2 is 2.23 bits per heavy atom. The van der Waals surface area contributed by atoms with Crippen LogP contribution in [-0.4, -0.2) is 41.1 Å². The van der Waals surface area contributed by atoms with E-state index in [1.807, 2.05) is 13.8 Å². The van der Waals surface area contributed by atoms with Crippen molar-refractivity contribution in [2.24, 2.45) is 11.7 Å². The van der Waals surface area contributed by atoms with Gasteiger partial charge in [-0.2, -0.15) is 0 Å². The Balaban J connectivity index is 2.48. The van der Waals surface area contributed by atoms with Gasteiger partial charge in [-0.1, -0.05) is 13.8 Å². The molecule has 0 aromatic rings. The molecule has 0 saturated carbocycles. The van der Waals surface area contributed by atoms with E-state index in [9.17, 15) is 9.90 Å². The first-order valence-corrected chi connectivity index (χ1v) is 4.74. The molecule has 4 heteroatoms. The molecule has 3 N–H and O–H groups in total. The summed E-state index contributed by atoms with van der Waals surface area (Å²) in [7, 11) is 0. The Labute approximate surface area is 78.7 Å². The highest BCUT2D eigenvalue weighted by molar-refractivity contribution is 5.82. The second-order valence-corrected chi connectivity index (χ2v) is 4.00. The molecule has 4 nitrogen and oxygen atoms in total. The number of aliphatic hydroxyl groups excluding tert-OH is 1. The average molecular weight is 186 g/mol. The van der Waals surface area contributed by atoms with E-state index >= 15 is 0 Å². The van der Waals surface area contributed by atoms with Gasteiger partial charge in [0.05, 0.1) is 12.1 Å². The van der Waals surface area contributed by atoms with Crippen LogP contribution in [0.4, 0.5) is 0 Å². The first-order valence-electron chi connectivity index (χ1n) is 4.74. The Kier molecular flexibility index (Phi) is 3.27. The largest absolute Gasteiger partial charge is 0.391 e. The molecule has 1 saturated heterocycles. The van der Waals surface area contributed by atoms with E-state index in [4.69, 9.17) is 5.73 Å². The van der Waals surface area contributed by atoms with Gasteiger partial charge in [-0.05, 0) is 12.3 Å². The van der Waals surface area contributed by atoms with Crippen LogP contribution in [0.1, 0.15) is 20.3 Å². The normalized spacial score (nSPS) is 25.3. The molecule has 0 bridgehead atoms. The van der Waals surface area contributed by atoms with Crippen molar-refractivity contribution in [1.82, 2.24) is 4.90 Å². The lowest BCUT2D eigenvalue weighted by Crippen LogP contribution is -2.45. The fourth-order valence-corrected chi connectivity index (χ4v) is 1.44. The summed E-state index contributed by atoms with van der Waals surface area (Å²) < 4.78 is 0. The molecule has 0 radical (unpaired) electrons. The highest BCUT2D eigenvalue weighted by Gasteiger charge is 2.29. The summed E-state index contributed by atoms with van der Waals surface area (Å²) in [6, 6.07) is -0.426. The molecule has 1 aliphatic rings. The number of hydrogen-bond donors (Lipinski definition) is 2. The van der Waals surface area contributed by atoms with Gasteiger partial charge in [0, 0.05) is 13.1 Å². The Bertz CT molecular complexity index is 194. The predicted molar refractivity (Wildman–Crippen MR) is 50.0 cm³/mol. The maximum atomic E-state index is 11.6. The maximum absolute atomic E-state index is 11.6. The minimum atomic E-state index is -0.426. The third-order valence-electron chi connectivity index (χ3n) is 2.48. The standard InChI is InChI=1S/C9H18N2O2/c1-6(2)8(10)9(13)11-4-3-7(12)5-11/h6-8,12H,3-5,10H2,1-2H3/t7-,8-/m1/s1. The molecular formula is C9H18N2O2. The van der Waals surface area contributed by atoms with E-state index in [0.717, 1.165) is 0 Å². The van der Waals surface area contributed by atoms with Crippen molar-refractivity contribution in [2.45, 2.75) is 32.4 Å². The number of aliphatic hydroxyl groups is 1. The van der Waals surface area contributed by atoms with Crippen LogP contribution in [0.2, 0.25) is 0 Å². The number of nitrogens with zero attached hydrogens (tertiary/aromatic N) is 1. The topological polar surface area (TPSA) is 66.6 Å². The van der Waals surface area contributed by atoms with Crippen LogP contribution in [0, 0.1) is 5.92 Å². The molecule has 13 heavy (non-hydrogen) atoms. The maximum Gasteiger partial charge on any atom is 0.239 e. The number of likely N-dealkylation sites (tertiary alicyclic amines) is 1. The van der Waals surface area contributed by atoms with Crippen molar-refractivity contribution in [3.05, 3.63) is 0 Å². The number of β-amino-alcohol motifs (C(OH)–C–C–N with tert-alkyl or cyclic N) is 1. The van der Waals surface area contributed by atoms with Crippen LogP contribution in [0.3, 0.4) is 0 Å². The van der Waals surface area contributed by atoms with Crippen molar-refractivity contribution >= 4 is 5.91 Å². The highest BCUT2D eigenvalue weighted by Crippen LogP contribution is 2.12. The van der Waals surface area contributed by atoms with E-state index in [0.29, 0.717) is 19.5 Å². The SMILES string of the molecule is CC(C)[C@@H](N)C(=O)N1CC[C@@H](O)C1. The zero-order valence-corrected chi connectivity index (χ0v) is 8.23. The van der Waals surface area contributed by atoms with Crippen LogP contribution in [0.25, 0.3) is 0 Å². The van der Waals surface area contributed by atoms with Gasteiger partial charge in [-0.15, -0.1) is 0 Å². The lowest BCUT2D eigenvalue weighted by atomic mass is 10.0. The quantitative estimate of drug-likeness (QED) is 0.614. The van der Waals surface area contributed by atoms with Crippen molar-refractivity contribution < 1.29 is 9.90 Å². The Morgan fingerprint density at radius 1 is 1.62 bits per heavy atom. The summed E-state index contributed by atoms with van der Waals surface area (Å²) in [5.41, 5.74) is 5.71. The number of carbonyl (C=O) groups excluding carboxylic acids is 1. The van der Waals surface area contributed by atoms with Crippen LogP contribution < -0.4 is 5.73 Å². The Morgan fingerprint density at radius 3 is 2.62 bits per heavy atom. The molecule has 1 rings (SSSR count). The molecular weight excluding hydrogens is 168 g/mol. The first kappa shape index (κ1) is 10.5. The van der Waals surface area contributed by atoms with E-state index in [2.05, 4.69) is 0 Å². The smallest absolute Gasteiger partial charge is 0.239 e. The number of nitrogens with two attached hydrogens (primary N) is 1. The van der Waals surface area contributed by atoms with Crippen LogP contribution in [0.15, 0.2) is 0 Å². The van der Waals surface area contributed by atoms with E-state index < -0.39 is 6.04 Å². The first-order chi connectivity index (χ1) is 6.02. The van der Waals surface area contributed by atoms with Crippen molar-refractivity contribution in [2.75, 3.05) is 13.1 Å². The molecule has 0 spiro atoms. The molecule has 76 valence electrons. The molecule has 1 amide bonds. The van der Waals surface area contributed by atoms with E-state index in [1.165, 1.54) is 0 Å².